The minimum atomic E-state index is -1.18. The molecule has 0 bridgehead atoms. The number of nitrogens with zero attached hydrogens (tertiary/aromatic N) is 3. The lowest BCUT2D eigenvalue weighted by atomic mass is 9.85. The predicted molar refractivity (Wildman–Crippen MR) is 127 cm³/mol. The Hall–Kier alpha value is -3.76. The fraction of sp³-hybridized carbons (Fsp3) is 0.360. The van der Waals surface area contributed by atoms with Crippen molar-refractivity contribution in [2.75, 3.05) is 25.6 Å². The number of aromatic carboxylic acids is 1. The molecule has 1 aliphatic rings. The average molecular weight is 481 g/mol. The first-order valence-corrected chi connectivity index (χ1v) is 11.1. The maximum atomic E-state index is 13.3. The second-order valence-corrected chi connectivity index (χ2v) is 9.28. The molecule has 1 amide bonds. The van der Waals surface area contributed by atoms with E-state index in [0.717, 1.165) is 11.1 Å². The second kappa shape index (κ2) is 9.47. The lowest BCUT2D eigenvalue weighted by molar-refractivity contribution is -0.0455. The molecule has 4 rings (SSSR count). The Labute approximate surface area is 202 Å². The van der Waals surface area contributed by atoms with E-state index in [2.05, 4.69) is 36.4 Å². The summed E-state index contributed by atoms with van der Waals surface area (Å²) in [5, 5.41) is 19.6. The van der Waals surface area contributed by atoms with Crippen molar-refractivity contribution in [1.82, 2.24) is 15.0 Å². The maximum absolute atomic E-state index is 13.3. The monoisotopic (exact) mass is 480 g/mol. The topological polar surface area (TPSA) is 125 Å². The highest BCUT2D eigenvalue weighted by molar-refractivity contribution is 6.05. The fourth-order valence-electron chi connectivity index (χ4n) is 3.79. The van der Waals surface area contributed by atoms with Gasteiger partial charge in [0.05, 0.1) is 43.5 Å². The molecule has 2 aromatic carbocycles. The summed E-state index contributed by atoms with van der Waals surface area (Å²) in [4.78, 5) is 24.5. The number of amides is 1. The molecule has 0 spiro atoms. The lowest BCUT2D eigenvalue weighted by Crippen LogP contribution is -2.18. The normalized spacial score (nSPS) is 14.2. The number of anilines is 1. The minimum absolute atomic E-state index is 0.188. The number of benzene rings is 2. The molecule has 1 saturated heterocycles. The molecule has 35 heavy (non-hydrogen) atoms. The zero-order valence-corrected chi connectivity index (χ0v) is 20.3. The SMILES string of the molecule is COc1c(NC(=O)c2ccc(C)c(-n3cc(C(=O)O)nn3)c2)cc(C(C)(C)C)cc1C1OCCO1. The number of hydrogen-bond acceptors (Lipinski definition) is 7. The first-order valence-electron chi connectivity index (χ1n) is 11.1. The molecule has 0 saturated carbocycles. The molecule has 1 fully saturated rings. The van der Waals surface area contributed by atoms with Gasteiger partial charge in [-0.15, -0.1) is 5.10 Å². The Morgan fingerprint density at radius 2 is 1.89 bits per heavy atom. The molecular weight excluding hydrogens is 452 g/mol. The van der Waals surface area contributed by atoms with Crippen LogP contribution in [0.5, 0.6) is 5.75 Å². The van der Waals surface area contributed by atoms with E-state index < -0.39 is 12.3 Å². The molecule has 10 heteroatoms. The van der Waals surface area contributed by atoms with Crippen LogP contribution >= 0.6 is 0 Å². The number of aromatic nitrogens is 3. The highest BCUT2D eigenvalue weighted by Crippen LogP contribution is 2.41. The first-order chi connectivity index (χ1) is 16.6. The van der Waals surface area contributed by atoms with Crippen LogP contribution in [0.1, 0.15) is 64.6 Å². The van der Waals surface area contributed by atoms with Crippen molar-refractivity contribution in [3.63, 3.8) is 0 Å². The zero-order valence-electron chi connectivity index (χ0n) is 20.3. The van der Waals surface area contributed by atoms with Crippen LogP contribution in [0.15, 0.2) is 36.5 Å². The Morgan fingerprint density at radius 1 is 1.17 bits per heavy atom. The lowest BCUT2D eigenvalue weighted by Gasteiger charge is -2.25. The molecule has 1 aliphatic heterocycles. The Balaban J connectivity index is 1.71. The van der Waals surface area contributed by atoms with Gasteiger partial charge in [-0.05, 0) is 47.7 Å². The van der Waals surface area contributed by atoms with Gasteiger partial charge >= 0.3 is 5.97 Å². The van der Waals surface area contributed by atoms with Crippen LogP contribution in [0.4, 0.5) is 5.69 Å². The van der Waals surface area contributed by atoms with Gasteiger partial charge in [-0.2, -0.15) is 0 Å². The van der Waals surface area contributed by atoms with Gasteiger partial charge in [-0.3, -0.25) is 4.79 Å². The number of methoxy groups -OCH3 is 1. The number of carbonyl (C=O) groups excluding carboxylic acids is 1. The average Bonchev–Trinajstić information content (AvgIpc) is 3.51. The third-order valence-corrected chi connectivity index (χ3v) is 5.74. The number of ether oxygens (including phenoxy) is 3. The van der Waals surface area contributed by atoms with E-state index in [1.165, 1.54) is 18.0 Å². The van der Waals surface area contributed by atoms with E-state index in [-0.39, 0.29) is 17.0 Å². The van der Waals surface area contributed by atoms with Gasteiger partial charge in [-0.25, -0.2) is 9.48 Å². The maximum Gasteiger partial charge on any atom is 0.358 e. The summed E-state index contributed by atoms with van der Waals surface area (Å²) in [6, 6.07) is 8.96. The van der Waals surface area contributed by atoms with Crippen LogP contribution in [-0.4, -0.2) is 52.3 Å². The standard InChI is InChI=1S/C25H28N4O6/c1-14-6-7-15(10-20(14)29-13-19(23(31)32)27-28-29)22(30)26-18-12-16(25(2,3)4)11-17(21(18)33-5)24-34-8-9-35-24/h6-7,10-13,24H,8-9H2,1-5H3,(H,26,30)(H,31,32). The number of carboxylic acids is 1. The van der Waals surface area contributed by atoms with E-state index in [0.29, 0.717) is 41.5 Å². The summed E-state index contributed by atoms with van der Waals surface area (Å²) in [5.74, 6) is -1.08. The molecule has 2 heterocycles. The molecule has 0 radical (unpaired) electrons. The van der Waals surface area contributed by atoms with E-state index in [4.69, 9.17) is 19.3 Å². The van der Waals surface area contributed by atoms with Gasteiger partial charge in [0.1, 0.15) is 0 Å². The fourth-order valence-corrected chi connectivity index (χ4v) is 3.79. The third kappa shape index (κ3) is 5.03. The summed E-state index contributed by atoms with van der Waals surface area (Å²) < 4.78 is 18.5. The molecular formula is C25H28N4O6. The molecule has 0 aliphatic carbocycles. The summed E-state index contributed by atoms with van der Waals surface area (Å²) in [6.07, 6.45) is 0.723. The highest BCUT2D eigenvalue weighted by atomic mass is 16.7. The summed E-state index contributed by atoms with van der Waals surface area (Å²) in [5.41, 5.74) is 3.50. The zero-order chi connectivity index (χ0) is 25.3. The summed E-state index contributed by atoms with van der Waals surface area (Å²) >= 11 is 0. The smallest absolute Gasteiger partial charge is 0.358 e. The van der Waals surface area contributed by atoms with Gasteiger partial charge in [0.25, 0.3) is 5.91 Å². The number of aryl methyl sites for hydroxylation is 1. The number of rotatable bonds is 6. The van der Waals surface area contributed by atoms with Crippen molar-refractivity contribution in [3.05, 3.63) is 64.5 Å². The predicted octanol–water partition coefficient (Wildman–Crippen LogP) is 3.88. The second-order valence-electron chi connectivity index (χ2n) is 9.28. The van der Waals surface area contributed by atoms with E-state index in [1.54, 1.807) is 18.2 Å². The van der Waals surface area contributed by atoms with Crippen LogP contribution < -0.4 is 10.1 Å². The van der Waals surface area contributed by atoms with Crippen molar-refractivity contribution in [3.8, 4) is 11.4 Å². The van der Waals surface area contributed by atoms with Crippen LogP contribution in [0.25, 0.3) is 5.69 Å². The van der Waals surface area contributed by atoms with Crippen molar-refractivity contribution in [1.29, 1.82) is 0 Å². The number of hydrogen-bond donors (Lipinski definition) is 2. The van der Waals surface area contributed by atoms with E-state index in [1.807, 2.05) is 19.1 Å². The third-order valence-electron chi connectivity index (χ3n) is 5.74. The Morgan fingerprint density at radius 3 is 2.49 bits per heavy atom. The van der Waals surface area contributed by atoms with Gasteiger partial charge in [0.15, 0.2) is 17.7 Å². The van der Waals surface area contributed by atoms with Crippen molar-refractivity contribution in [2.24, 2.45) is 0 Å². The number of carboxylic acid groups (broad SMARTS) is 1. The molecule has 0 unspecified atom stereocenters. The molecule has 3 aromatic rings. The van der Waals surface area contributed by atoms with Gasteiger partial charge in [0, 0.05) is 5.56 Å². The molecule has 0 atom stereocenters. The first kappa shape index (κ1) is 24.4. The largest absolute Gasteiger partial charge is 0.494 e. The van der Waals surface area contributed by atoms with Crippen LogP contribution in [0, 0.1) is 6.92 Å². The van der Waals surface area contributed by atoms with Gasteiger partial charge < -0.3 is 24.6 Å². The number of carbonyl (C=O) groups is 2. The van der Waals surface area contributed by atoms with Crippen molar-refractivity contribution < 1.29 is 28.9 Å². The Kier molecular flexibility index (Phi) is 6.60. The highest BCUT2D eigenvalue weighted by Gasteiger charge is 2.28. The molecule has 1 aromatic heterocycles. The molecule has 2 N–H and O–H groups in total. The van der Waals surface area contributed by atoms with Gasteiger partial charge in [-0.1, -0.05) is 32.1 Å². The van der Waals surface area contributed by atoms with Crippen LogP contribution in [-0.2, 0) is 14.9 Å². The quantitative estimate of drug-likeness (QED) is 0.545. The van der Waals surface area contributed by atoms with Gasteiger partial charge in [0.2, 0.25) is 0 Å². The van der Waals surface area contributed by atoms with E-state index >= 15 is 0 Å². The summed E-state index contributed by atoms with van der Waals surface area (Å²) in [6.45, 7) is 9.03. The summed E-state index contributed by atoms with van der Waals surface area (Å²) in [7, 11) is 1.54. The van der Waals surface area contributed by atoms with Crippen molar-refractivity contribution in [2.45, 2.75) is 39.4 Å². The molecule has 10 nitrogen and oxygen atoms in total. The Bertz CT molecular complexity index is 1270. The number of nitrogens with one attached hydrogen (secondary N) is 1. The van der Waals surface area contributed by atoms with Crippen LogP contribution in [0.2, 0.25) is 0 Å². The van der Waals surface area contributed by atoms with Crippen molar-refractivity contribution >= 4 is 17.6 Å². The minimum Gasteiger partial charge on any atom is -0.494 e. The van der Waals surface area contributed by atoms with E-state index in [9.17, 15) is 9.59 Å². The van der Waals surface area contributed by atoms with Crippen LogP contribution in [0.3, 0.4) is 0 Å². The molecule has 184 valence electrons.